The Kier molecular flexibility index (Phi) is 7.10. The Balaban J connectivity index is 1.34. The first-order chi connectivity index (χ1) is 13.1. The summed E-state index contributed by atoms with van der Waals surface area (Å²) in [6.45, 7) is 4.08. The lowest BCUT2D eigenvalue weighted by Gasteiger charge is -2.32. The maximum absolute atomic E-state index is 12.2. The number of carbonyl (C=O) groups is 2. The van der Waals surface area contributed by atoms with Gasteiger partial charge >= 0.3 is 6.03 Å². The number of hydrogen-bond donors (Lipinski definition) is 3. The molecule has 0 aromatic heterocycles. The second-order valence-electron chi connectivity index (χ2n) is 7.92. The van der Waals surface area contributed by atoms with E-state index >= 15 is 0 Å². The molecule has 1 aromatic rings. The van der Waals surface area contributed by atoms with Crippen LogP contribution >= 0.6 is 0 Å². The van der Waals surface area contributed by atoms with Gasteiger partial charge in [0.05, 0.1) is 6.54 Å². The Bertz CT molecular complexity index is 618. The molecule has 2 fully saturated rings. The number of anilines is 1. The molecule has 6 heteroatoms. The number of aryl methyl sites for hydroxylation is 1. The van der Waals surface area contributed by atoms with Gasteiger partial charge in [-0.3, -0.25) is 9.69 Å². The van der Waals surface area contributed by atoms with Gasteiger partial charge in [0.2, 0.25) is 5.91 Å². The fourth-order valence-corrected chi connectivity index (χ4v) is 3.94. The van der Waals surface area contributed by atoms with Crippen LogP contribution in [-0.2, 0) is 4.79 Å². The Labute approximate surface area is 162 Å². The fourth-order valence-electron chi connectivity index (χ4n) is 3.94. The quantitative estimate of drug-likeness (QED) is 0.744. The molecule has 0 unspecified atom stereocenters. The van der Waals surface area contributed by atoms with Crippen LogP contribution in [0.1, 0.15) is 50.5 Å². The van der Waals surface area contributed by atoms with E-state index in [0.29, 0.717) is 12.6 Å². The maximum Gasteiger partial charge on any atom is 0.315 e. The fraction of sp³-hybridized carbons (Fsp3) is 0.619. The van der Waals surface area contributed by atoms with Crippen molar-refractivity contribution in [2.45, 2.75) is 64.0 Å². The summed E-state index contributed by atoms with van der Waals surface area (Å²) in [5.41, 5.74) is 2.01. The predicted molar refractivity (Wildman–Crippen MR) is 108 cm³/mol. The predicted octanol–water partition coefficient (Wildman–Crippen LogP) is 3.03. The second-order valence-corrected chi connectivity index (χ2v) is 7.92. The molecule has 3 amide bonds. The van der Waals surface area contributed by atoms with E-state index in [-0.39, 0.29) is 18.0 Å². The minimum Gasteiger partial charge on any atom is -0.335 e. The van der Waals surface area contributed by atoms with E-state index in [2.05, 4.69) is 20.9 Å². The normalized spacial score (nSPS) is 19.4. The number of carbonyl (C=O) groups excluding carboxylic acids is 2. The molecule has 0 spiro atoms. The van der Waals surface area contributed by atoms with Gasteiger partial charge in [-0.05, 0) is 44.7 Å². The van der Waals surface area contributed by atoms with Crippen LogP contribution < -0.4 is 16.0 Å². The molecule has 1 saturated heterocycles. The van der Waals surface area contributed by atoms with Crippen molar-refractivity contribution in [2.24, 2.45) is 0 Å². The van der Waals surface area contributed by atoms with Crippen molar-refractivity contribution < 1.29 is 9.59 Å². The van der Waals surface area contributed by atoms with Gasteiger partial charge in [-0.1, -0.05) is 37.0 Å². The van der Waals surface area contributed by atoms with E-state index in [0.717, 1.165) is 44.5 Å². The summed E-state index contributed by atoms with van der Waals surface area (Å²) in [6.07, 6.45) is 7.69. The van der Waals surface area contributed by atoms with E-state index in [9.17, 15) is 9.59 Å². The summed E-state index contributed by atoms with van der Waals surface area (Å²) in [5, 5.41) is 9.17. The smallest absolute Gasteiger partial charge is 0.315 e. The maximum atomic E-state index is 12.2. The first kappa shape index (κ1) is 19.7. The van der Waals surface area contributed by atoms with Crippen molar-refractivity contribution in [3.8, 4) is 0 Å². The highest BCUT2D eigenvalue weighted by Crippen LogP contribution is 2.17. The van der Waals surface area contributed by atoms with Crippen LogP contribution in [0, 0.1) is 6.92 Å². The molecule has 0 atom stereocenters. The lowest BCUT2D eigenvalue weighted by atomic mass is 9.96. The molecule has 0 bridgehead atoms. The number of amides is 3. The van der Waals surface area contributed by atoms with Crippen molar-refractivity contribution in [3.05, 3.63) is 29.8 Å². The number of nitrogens with one attached hydrogen (secondary N) is 3. The number of rotatable bonds is 5. The largest absolute Gasteiger partial charge is 0.335 e. The van der Waals surface area contributed by atoms with E-state index in [1.54, 1.807) is 0 Å². The number of benzene rings is 1. The highest BCUT2D eigenvalue weighted by atomic mass is 16.2. The van der Waals surface area contributed by atoms with Gasteiger partial charge < -0.3 is 16.0 Å². The highest BCUT2D eigenvalue weighted by molar-refractivity contribution is 5.92. The molecule has 3 rings (SSSR count). The number of likely N-dealkylation sites (tertiary alicyclic amines) is 1. The standard InChI is InChI=1S/C21H32N4O2/c1-16-7-9-18(10-8-16)22-20(26)15-25-13-11-19(12-14-25)24-21(27)23-17-5-3-2-4-6-17/h7-10,17,19H,2-6,11-15H2,1H3,(H,22,26)(H2,23,24,27). The first-order valence-electron chi connectivity index (χ1n) is 10.2. The zero-order valence-electron chi connectivity index (χ0n) is 16.3. The second kappa shape index (κ2) is 9.74. The van der Waals surface area contributed by atoms with Crippen molar-refractivity contribution in [1.82, 2.24) is 15.5 Å². The van der Waals surface area contributed by atoms with E-state index in [1.807, 2.05) is 31.2 Å². The number of nitrogens with zero attached hydrogens (tertiary/aromatic N) is 1. The third-order valence-corrected chi connectivity index (χ3v) is 5.57. The number of piperidine rings is 1. The average Bonchev–Trinajstić information content (AvgIpc) is 2.66. The van der Waals surface area contributed by atoms with Crippen LogP contribution in [0.5, 0.6) is 0 Å². The molecular formula is C21H32N4O2. The molecule has 148 valence electrons. The molecule has 1 aromatic carbocycles. The average molecular weight is 373 g/mol. The Morgan fingerprint density at radius 2 is 1.52 bits per heavy atom. The van der Waals surface area contributed by atoms with Gasteiger partial charge in [0, 0.05) is 30.9 Å². The minimum absolute atomic E-state index is 0.0142. The van der Waals surface area contributed by atoms with Crippen LogP contribution in [0.2, 0.25) is 0 Å². The van der Waals surface area contributed by atoms with Crippen LogP contribution in [0.15, 0.2) is 24.3 Å². The molecule has 3 N–H and O–H groups in total. The summed E-state index contributed by atoms with van der Waals surface area (Å²) in [6, 6.07) is 8.34. The molecule has 2 aliphatic rings. The van der Waals surface area contributed by atoms with Gasteiger partial charge in [-0.15, -0.1) is 0 Å². The molecule has 1 aliphatic heterocycles. The molecule has 0 radical (unpaired) electrons. The van der Waals surface area contributed by atoms with Gasteiger partial charge in [0.15, 0.2) is 0 Å². The van der Waals surface area contributed by atoms with Crippen molar-refractivity contribution >= 4 is 17.6 Å². The van der Waals surface area contributed by atoms with E-state index in [1.165, 1.54) is 24.8 Å². The molecule has 1 saturated carbocycles. The van der Waals surface area contributed by atoms with Crippen LogP contribution in [0.3, 0.4) is 0 Å². The Morgan fingerprint density at radius 3 is 2.15 bits per heavy atom. The van der Waals surface area contributed by atoms with Crippen molar-refractivity contribution in [2.75, 3.05) is 25.0 Å². The number of urea groups is 1. The Morgan fingerprint density at radius 1 is 0.926 bits per heavy atom. The minimum atomic E-state index is -0.0301. The molecule has 1 aliphatic carbocycles. The summed E-state index contributed by atoms with van der Waals surface area (Å²) in [4.78, 5) is 26.5. The third-order valence-electron chi connectivity index (χ3n) is 5.57. The lowest BCUT2D eigenvalue weighted by molar-refractivity contribution is -0.117. The SMILES string of the molecule is Cc1ccc(NC(=O)CN2CCC(NC(=O)NC3CCCCC3)CC2)cc1. The van der Waals surface area contributed by atoms with Gasteiger partial charge in [-0.25, -0.2) is 4.79 Å². The zero-order valence-corrected chi connectivity index (χ0v) is 16.3. The van der Waals surface area contributed by atoms with Gasteiger partial charge in [0.25, 0.3) is 0 Å². The summed E-state index contributed by atoms with van der Waals surface area (Å²) in [5.74, 6) is 0.0142. The van der Waals surface area contributed by atoms with E-state index in [4.69, 9.17) is 0 Å². The monoisotopic (exact) mass is 372 g/mol. The van der Waals surface area contributed by atoms with Gasteiger partial charge in [-0.2, -0.15) is 0 Å². The summed E-state index contributed by atoms with van der Waals surface area (Å²) in [7, 11) is 0. The Hall–Kier alpha value is -2.08. The van der Waals surface area contributed by atoms with Crippen LogP contribution in [0.4, 0.5) is 10.5 Å². The summed E-state index contributed by atoms with van der Waals surface area (Å²) >= 11 is 0. The summed E-state index contributed by atoms with van der Waals surface area (Å²) < 4.78 is 0. The van der Waals surface area contributed by atoms with Crippen molar-refractivity contribution in [1.29, 1.82) is 0 Å². The first-order valence-corrected chi connectivity index (χ1v) is 10.2. The zero-order chi connectivity index (χ0) is 19.1. The van der Waals surface area contributed by atoms with E-state index < -0.39 is 0 Å². The molecular weight excluding hydrogens is 340 g/mol. The highest BCUT2D eigenvalue weighted by Gasteiger charge is 2.23. The number of hydrogen-bond acceptors (Lipinski definition) is 3. The molecule has 1 heterocycles. The van der Waals surface area contributed by atoms with Gasteiger partial charge in [0.1, 0.15) is 0 Å². The molecule has 6 nitrogen and oxygen atoms in total. The van der Waals surface area contributed by atoms with Crippen LogP contribution in [0.25, 0.3) is 0 Å². The molecule has 27 heavy (non-hydrogen) atoms. The van der Waals surface area contributed by atoms with Crippen molar-refractivity contribution in [3.63, 3.8) is 0 Å². The third kappa shape index (κ3) is 6.54. The topological polar surface area (TPSA) is 73.5 Å². The lowest BCUT2D eigenvalue weighted by Crippen LogP contribution is -2.51. The van der Waals surface area contributed by atoms with Crippen LogP contribution in [-0.4, -0.2) is 48.6 Å².